The lowest BCUT2D eigenvalue weighted by Gasteiger charge is -2.32. The van der Waals surface area contributed by atoms with Gasteiger partial charge in [0, 0.05) is 30.9 Å². The van der Waals surface area contributed by atoms with Crippen LogP contribution in [0.4, 0.5) is 5.82 Å². The Bertz CT molecular complexity index is 823. The molecule has 2 aromatic heterocycles. The molecule has 1 aliphatic heterocycles. The third-order valence-electron chi connectivity index (χ3n) is 4.73. The number of para-hydroxylation sites is 2. The quantitative estimate of drug-likeness (QED) is 0.797. The van der Waals surface area contributed by atoms with Gasteiger partial charge in [-0.1, -0.05) is 12.1 Å². The minimum Gasteiger partial charge on any atom is -0.394 e. The van der Waals surface area contributed by atoms with Gasteiger partial charge in [0.2, 0.25) is 0 Å². The van der Waals surface area contributed by atoms with E-state index in [0.29, 0.717) is 12.5 Å². The summed E-state index contributed by atoms with van der Waals surface area (Å²) in [4.78, 5) is 11.6. The van der Waals surface area contributed by atoms with Crippen molar-refractivity contribution in [2.45, 2.75) is 25.3 Å². The number of fused-ring (bicyclic) bond motifs is 1. The number of aliphatic hydroxyl groups is 1. The van der Waals surface area contributed by atoms with Crippen LogP contribution >= 0.6 is 0 Å². The second-order valence-electron chi connectivity index (χ2n) is 6.18. The zero-order valence-electron chi connectivity index (χ0n) is 13.5. The molecule has 1 saturated heterocycles. The summed E-state index contributed by atoms with van der Waals surface area (Å²) in [5.74, 6) is 1.44. The van der Waals surface area contributed by atoms with Crippen molar-refractivity contribution < 1.29 is 5.11 Å². The van der Waals surface area contributed by atoms with Gasteiger partial charge in [0.1, 0.15) is 5.82 Å². The van der Waals surface area contributed by atoms with Crippen molar-refractivity contribution >= 4 is 16.9 Å². The predicted molar refractivity (Wildman–Crippen MR) is 93.0 cm³/mol. The molecule has 0 bridgehead atoms. The van der Waals surface area contributed by atoms with Crippen LogP contribution in [-0.2, 0) is 6.54 Å². The normalized spacial score (nSPS) is 16.0. The van der Waals surface area contributed by atoms with E-state index < -0.39 is 0 Å². The van der Waals surface area contributed by atoms with Crippen LogP contribution in [0.2, 0.25) is 0 Å². The Hall–Kier alpha value is -2.47. The van der Waals surface area contributed by atoms with Crippen LogP contribution in [0.5, 0.6) is 0 Å². The average Bonchev–Trinajstić information content (AvgIpc) is 3.10. The van der Waals surface area contributed by atoms with E-state index in [0.717, 1.165) is 42.8 Å². The van der Waals surface area contributed by atoms with Gasteiger partial charge in [-0.3, -0.25) is 9.67 Å². The SMILES string of the molecule is OCCn1nccc1C1CCN(c2cnc3ccccc3n2)CC1. The van der Waals surface area contributed by atoms with Gasteiger partial charge in [0.15, 0.2) is 0 Å². The van der Waals surface area contributed by atoms with E-state index in [-0.39, 0.29) is 6.61 Å². The van der Waals surface area contributed by atoms with Crippen molar-refractivity contribution in [1.29, 1.82) is 0 Å². The monoisotopic (exact) mass is 323 g/mol. The number of hydrogen-bond donors (Lipinski definition) is 1. The first kappa shape index (κ1) is 15.1. The zero-order chi connectivity index (χ0) is 16.4. The minimum absolute atomic E-state index is 0.125. The largest absolute Gasteiger partial charge is 0.394 e. The Kier molecular flexibility index (Phi) is 4.13. The summed E-state index contributed by atoms with van der Waals surface area (Å²) in [6, 6.07) is 10.0. The summed E-state index contributed by atoms with van der Waals surface area (Å²) < 4.78 is 1.93. The number of benzene rings is 1. The molecule has 0 unspecified atom stereocenters. The maximum absolute atomic E-state index is 9.15. The van der Waals surface area contributed by atoms with Crippen LogP contribution in [0.1, 0.15) is 24.5 Å². The van der Waals surface area contributed by atoms with Gasteiger partial charge >= 0.3 is 0 Å². The fraction of sp³-hybridized carbons (Fsp3) is 0.389. The number of rotatable bonds is 4. The minimum atomic E-state index is 0.125. The third-order valence-corrected chi connectivity index (χ3v) is 4.73. The summed E-state index contributed by atoms with van der Waals surface area (Å²) in [5.41, 5.74) is 3.11. The number of aliphatic hydroxyl groups excluding tert-OH is 1. The van der Waals surface area contributed by atoms with Gasteiger partial charge in [0.05, 0.1) is 30.4 Å². The molecule has 6 nitrogen and oxygen atoms in total. The molecule has 1 N–H and O–H groups in total. The van der Waals surface area contributed by atoms with E-state index in [4.69, 9.17) is 10.1 Å². The number of aromatic nitrogens is 4. The molecule has 6 heteroatoms. The lowest BCUT2D eigenvalue weighted by molar-refractivity contribution is 0.265. The molecule has 0 radical (unpaired) electrons. The smallest absolute Gasteiger partial charge is 0.147 e. The summed E-state index contributed by atoms with van der Waals surface area (Å²) in [5, 5.41) is 13.5. The molecule has 1 aromatic carbocycles. The van der Waals surface area contributed by atoms with E-state index in [9.17, 15) is 0 Å². The van der Waals surface area contributed by atoms with Crippen LogP contribution in [0.3, 0.4) is 0 Å². The molecular weight excluding hydrogens is 302 g/mol. The topological polar surface area (TPSA) is 67.1 Å². The van der Waals surface area contributed by atoms with Gasteiger partial charge in [0.25, 0.3) is 0 Å². The van der Waals surface area contributed by atoms with E-state index in [1.807, 2.05) is 41.3 Å². The van der Waals surface area contributed by atoms with Crippen molar-refractivity contribution in [1.82, 2.24) is 19.7 Å². The molecule has 1 fully saturated rings. The molecule has 124 valence electrons. The van der Waals surface area contributed by atoms with Crippen molar-refractivity contribution in [2.24, 2.45) is 0 Å². The van der Waals surface area contributed by atoms with Gasteiger partial charge in [-0.15, -0.1) is 0 Å². The average molecular weight is 323 g/mol. The molecule has 0 spiro atoms. The Morgan fingerprint density at radius 2 is 1.88 bits per heavy atom. The first-order valence-corrected chi connectivity index (χ1v) is 8.44. The maximum Gasteiger partial charge on any atom is 0.147 e. The molecule has 0 amide bonds. The highest BCUT2D eigenvalue weighted by Gasteiger charge is 2.24. The Labute approximate surface area is 140 Å². The highest BCUT2D eigenvalue weighted by atomic mass is 16.3. The molecule has 1 aliphatic rings. The summed E-state index contributed by atoms with van der Waals surface area (Å²) in [7, 11) is 0. The van der Waals surface area contributed by atoms with Crippen molar-refractivity contribution in [3.05, 3.63) is 48.4 Å². The second kappa shape index (κ2) is 6.57. The van der Waals surface area contributed by atoms with Crippen molar-refractivity contribution in [3.8, 4) is 0 Å². The second-order valence-corrected chi connectivity index (χ2v) is 6.18. The van der Waals surface area contributed by atoms with Crippen LogP contribution < -0.4 is 4.90 Å². The first-order valence-electron chi connectivity index (χ1n) is 8.44. The molecule has 3 heterocycles. The van der Waals surface area contributed by atoms with Gasteiger partial charge in [-0.05, 0) is 31.0 Å². The number of piperidine rings is 1. The predicted octanol–water partition coefficient (Wildman–Crippen LogP) is 2.20. The van der Waals surface area contributed by atoms with E-state index in [2.05, 4.69) is 21.0 Å². The summed E-state index contributed by atoms with van der Waals surface area (Å²) in [6.07, 6.45) is 5.82. The Morgan fingerprint density at radius 1 is 1.08 bits per heavy atom. The molecule has 4 rings (SSSR count). The lowest BCUT2D eigenvalue weighted by Crippen LogP contribution is -2.34. The van der Waals surface area contributed by atoms with E-state index >= 15 is 0 Å². The molecule has 3 aromatic rings. The Balaban J connectivity index is 1.48. The van der Waals surface area contributed by atoms with Crippen LogP contribution in [0.15, 0.2) is 42.7 Å². The zero-order valence-corrected chi connectivity index (χ0v) is 13.5. The van der Waals surface area contributed by atoms with Crippen LogP contribution in [-0.4, -0.2) is 44.6 Å². The number of nitrogens with zero attached hydrogens (tertiary/aromatic N) is 5. The van der Waals surface area contributed by atoms with Crippen LogP contribution in [0.25, 0.3) is 11.0 Å². The maximum atomic E-state index is 9.15. The summed E-state index contributed by atoms with van der Waals surface area (Å²) in [6.45, 7) is 2.61. The molecule has 0 atom stereocenters. The van der Waals surface area contributed by atoms with Crippen molar-refractivity contribution in [3.63, 3.8) is 0 Å². The standard InChI is InChI=1S/C18H21N5O/c24-12-11-23-17(5-8-20-23)14-6-9-22(10-7-14)18-13-19-15-3-1-2-4-16(15)21-18/h1-5,8,13-14,24H,6-7,9-12H2. The van der Waals surface area contributed by atoms with Gasteiger partial charge < -0.3 is 10.0 Å². The van der Waals surface area contributed by atoms with E-state index in [1.54, 1.807) is 0 Å². The number of hydrogen-bond acceptors (Lipinski definition) is 5. The van der Waals surface area contributed by atoms with Gasteiger partial charge in [-0.25, -0.2) is 4.98 Å². The molecule has 0 aliphatic carbocycles. The molecule has 24 heavy (non-hydrogen) atoms. The summed E-state index contributed by atoms with van der Waals surface area (Å²) >= 11 is 0. The molecule has 0 saturated carbocycles. The number of anilines is 1. The fourth-order valence-electron chi connectivity index (χ4n) is 3.48. The molecular formula is C18H21N5O. The highest BCUT2D eigenvalue weighted by Crippen LogP contribution is 2.30. The highest BCUT2D eigenvalue weighted by molar-refractivity contribution is 5.75. The fourth-order valence-corrected chi connectivity index (χ4v) is 3.48. The van der Waals surface area contributed by atoms with E-state index in [1.165, 1.54) is 5.69 Å². The third kappa shape index (κ3) is 2.85. The Morgan fingerprint density at radius 3 is 2.67 bits per heavy atom. The van der Waals surface area contributed by atoms with Crippen LogP contribution in [0, 0.1) is 0 Å². The van der Waals surface area contributed by atoms with Gasteiger partial charge in [-0.2, -0.15) is 5.10 Å². The lowest BCUT2D eigenvalue weighted by atomic mass is 9.93. The van der Waals surface area contributed by atoms with Crippen molar-refractivity contribution in [2.75, 3.05) is 24.6 Å². The first-order chi connectivity index (χ1) is 11.8.